The van der Waals surface area contributed by atoms with Crippen molar-refractivity contribution >= 4 is 10.0 Å². The molecule has 0 amide bonds. The Morgan fingerprint density at radius 1 is 1.02 bits per heavy atom. The van der Waals surface area contributed by atoms with E-state index in [1.54, 1.807) is 12.3 Å². The van der Waals surface area contributed by atoms with Crippen molar-refractivity contribution in [3.63, 3.8) is 0 Å². The number of aromatic nitrogens is 2. The van der Waals surface area contributed by atoms with Gasteiger partial charge in [0.05, 0.1) is 36.8 Å². The Morgan fingerprint density at radius 3 is 2.46 bits per heavy atom. The third-order valence-corrected chi connectivity index (χ3v) is 9.29. The van der Waals surface area contributed by atoms with Crippen LogP contribution in [-0.2, 0) is 26.9 Å². The Morgan fingerprint density at radius 2 is 1.76 bits per heavy atom. The first-order chi connectivity index (χ1) is 19.9. The SMILES string of the molecule is N#Cc1cc(-c2ccnc(Cc3ccc(CS(=O)(=O)N4CCN(CCO)CC4)cc3)n2)ccc1OC1CCOCC1. The van der Waals surface area contributed by atoms with Crippen molar-refractivity contribution in [1.82, 2.24) is 19.2 Å². The summed E-state index contributed by atoms with van der Waals surface area (Å²) in [7, 11) is -3.42. The average Bonchev–Trinajstić information content (AvgIpc) is 2.99. The van der Waals surface area contributed by atoms with Crippen molar-refractivity contribution in [2.45, 2.75) is 31.1 Å². The number of nitriles is 1. The fourth-order valence-electron chi connectivity index (χ4n) is 5.11. The molecule has 11 heteroatoms. The largest absolute Gasteiger partial charge is 0.489 e. The summed E-state index contributed by atoms with van der Waals surface area (Å²) in [4.78, 5) is 11.2. The number of ether oxygens (including phenoxy) is 2. The summed E-state index contributed by atoms with van der Waals surface area (Å²) in [6, 6.07) is 17.1. The minimum Gasteiger partial charge on any atom is -0.489 e. The third kappa shape index (κ3) is 7.67. The number of aliphatic hydroxyl groups is 1. The van der Waals surface area contributed by atoms with Crippen molar-refractivity contribution in [3.05, 3.63) is 77.2 Å². The van der Waals surface area contributed by atoms with Crippen LogP contribution in [0, 0.1) is 11.3 Å². The zero-order valence-corrected chi connectivity index (χ0v) is 23.8. The van der Waals surface area contributed by atoms with Gasteiger partial charge < -0.3 is 14.6 Å². The summed E-state index contributed by atoms with van der Waals surface area (Å²) in [5.41, 5.74) is 3.69. The Balaban J connectivity index is 1.21. The Bertz CT molecular complexity index is 1460. The first-order valence-corrected chi connectivity index (χ1v) is 15.5. The van der Waals surface area contributed by atoms with Crippen molar-refractivity contribution in [1.29, 1.82) is 5.26 Å². The first kappa shape index (κ1) is 29.1. The number of hydrogen-bond acceptors (Lipinski definition) is 9. The van der Waals surface area contributed by atoms with Gasteiger partial charge in [-0.3, -0.25) is 4.90 Å². The quantitative estimate of drug-likeness (QED) is 0.387. The summed E-state index contributed by atoms with van der Waals surface area (Å²) >= 11 is 0. The smallest absolute Gasteiger partial charge is 0.218 e. The molecule has 3 aromatic rings. The molecule has 2 aliphatic heterocycles. The molecule has 2 aromatic carbocycles. The lowest BCUT2D eigenvalue weighted by atomic mass is 10.1. The molecule has 10 nitrogen and oxygen atoms in total. The van der Waals surface area contributed by atoms with Crippen molar-refractivity contribution in [2.75, 3.05) is 52.5 Å². The number of piperazine rings is 1. The van der Waals surface area contributed by atoms with E-state index >= 15 is 0 Å². The van der Waals surface area contributed by atoms with Gasteiger partial charge in [-0.05, 0) is 35.4 Å². The summed E-state index contributed by atoms with van der Waals surface area (Å²) < 4.78 is 38.9. The lowest BCUT2D eigenvalue weighted by Crippen LogP contribution is -2.49. The van der Waals surface area contributed by atoms with Gasteiger partial charge in [-0.1, -0.05) is 24.3 Å². The second-order valence-electron chi connectivity index (χ2n) is 10.3. The van der Waals surface area contributed by atoms with E-state index in [0.717, 1.165) is 29.5 Å². The van der Waals surface area contributed by atoms with Crippen LogP contribution in [0.2, 0.25) is 0 Å². The standard InChI is InChI=1S/C30H35N5O5S/c31-21-26-20-25(5-6-29(26)40-27-8-17-39-18-9-27)28-7-10-32-30(33-28)19-23-1-3-24(4-2-23)22-41(37,38)35-13-11-34(12-14-35)15-16-36/h1-7,10,20,27,36H,8-9,11-19,22H2. The molecule has 0 aliphatic carbocycles. The van der Waals surface area contributed by atoms with E-state index in [2.05, 4.69) is 16.0 Å². The van der Waals surface area contributed by atoms with E-state index in [1.807, 2.05) is 42.5 Å². The van der Waals surface area contributed by atoms with Gasteiger partial charge in [0, 0.05) is 63.7 Å². The van der Waals surface area contributed by atoms with Crippen molar-refractivity contribution < 1.29 is 23.0 Å². The minimum absolute atomic E-state index is 0.0469. The number of nitrogens with zero attached hydrogens (tertiary/aromatic N) is 5. The van der Waals surface area contributed by atoms with Crippen LogP contribution in [-0.4, -0.2) is 91.3 Å². The van der Waals surface area contributed by atoms with Crippen LogP contribution in [0.1, 0.15) is 35.4 Å². The van der Waals surface area contributed by atoms with Crippen LogP contribution in [0.15, 0.2) is 54.7 Å². The van der Waals surface area contributed by atoms with Gasteiger partial charge in [0.2, 0.25) is 10.0 Å². The molecular formula is C30H35N5O5S. The van der Waals surface area contributed by atoms with Gasteiger partial charge in [-0.2, -0.15) is 9.57 Å². The molecule has 0 atom stereocenters. The van der Waals surface area contributed by atoms with Crippen LogP contribution in [0.25, 0.3) is 11.3 Å². The molecule has 216 valence electrons. The molecule has 3 heterocycles. The molecule has 0 unspecified atom stereocenters. The highest BCUT2D eigenvalue weighted by Crippen LogP contribution is 2.28. The molecule has 0 radical (unpaired) electrons. The van der Waals surface area contributed by atoms with Gasteiger partial charge in [0.25, 0.3) is 0 Å². The van der Waals surface area contributed by atoms with Crippen LogP contribution >= 0.6 is 0 Å². The number of β-amino-alcohol motifs (C(OH)–C–C–N with tert-alkyl or cyclic N) is 1. The number of hydrogen-bond donors (Lipinski definition) is 1. The highest BCUT2D eigenvalue weighted by atomic mass is 32.2. The molecule has 0 bridgehead atoms. The van der Waals surface area contributed by atoms with Crippen molar-refractivity contribution in [2.24, 2.45) is 0 Å². The molecule has 2 fully saturated rings. The maximum absolute atomic E-state index is 12.9. The minimum atomic E-state index is -3.42. The maximum Gasteiger partial charge on any atom is 0.218 e. The number of benzene rings is 2. The van der Waals surface area contributed by atoms with E-state index in [9.17, 15) is 13.7 Å². The lowest BCUT2D eigenvalue weighted by molar-refractivity contribution is 0.0254. The third-order valence-electron chi connectivity index (χ3n) is 7.44. The normalized spacial score (nSPS) is 17.3. The van der Waals surface area contributed by atoms with E-state index in [0.29, 0.717) is 75.2 Å². The van der Waals surface area contributed by atoms with Crippen LogP contribution in [0.5, 0.6) is 5.75 Å². The summed E-state index contributed by atoms with van der Waals surface area (Å²) in [5.74, 6) is 1.16. The second kappa shape index (κ2) is 13.5. The molecule has 1 N–H and O–H groups in total. The predicted molar refractivity (Wildman–Crippen MR) is 154 cm³/mol. The van der Waals surface area contributed by atoms with E-state index in [4.69, 9.17) is 19.6 Å². The molecule has 2 aliphatic rings. The van der Waals surface area contributed by atoms with E-state index in [-0.39, 0.29) is 18.5 Å². The highest BCUT2D eigenvalue weighted by molar-refractivity contribution is 7.88. The fourth-order valence-corrected chi connectivity index (χ4v) is 6.62. The number of rotatable bonds is 10. The molecule has 41 heavy (non-hydrogen) atoms. The molecule has 1 aromatic heterocycles. The Labute approximate surface area is 241 Å². The van der Waals surface area contributed by atoms with Gasteiger partial charge in [-0.15, -0.1) is 0 Å². The summed E-state index contributed by atoms with van der Waals surface area (Å²) in [6.45, 7) is 4.12. The zero-order valence-electron chi connectivity index (χ0n) is 23.0. The summed E-state index contributed by atoms with van der Waals surface area (Å²) in [6.07, 6.45) is 3.86. The predicted octanol–water partition coefficient (Wildman–Crippen LogP) is 2.60. The molecule has 2 saturated heterocycles. The fraction of sp³-hybridized carbons (Fsp3) is 0.433. The zero-order chi connectivity index (χ0) is 28.7. The van der Waals surface area contributed by atoms with Crippen LogP contribution in [0.3, 0.4) is 0 Å². The number of sulfonamides is 1. The average molecular weight is 578 g/mol. The lowest BCUT2D eigenvalue weighted by Gasteiger charge is -2.33. The van der Waals surface area contributed by atoms with E-state index < -0.39 is 10.0 Å². The van der Waals surface area contributed by atoms with Crippen LogP contribution in [0.4, 0.5) is 0 Å². The van der Waals surface area contributed by atoms with Gasteiger partial charge in [0.15, 0.2) is 0 Å². The molecular weight excluding hydrogens is 542 g/mol. The van der Waals surface area contributed by atoms with Crippen molar-refractivity contribution in [3.8, 4) is 23.1 Å². The monoisotopic (exact) mass is 577 g/mol. The molecule has 0 spiro atoms. The number of aliphatic hydroxyl groups excluding tert-OH is 1. The highest BCUT2D eigenvalue weighted by Gasteiger charge is 2.27. The molecule has 5 rings (SSSR count). The Hall–Kier alpha value is -3.40. The van der Waals surface area contributed by atoms with Gasteiger partial charge in [-0.25, -0.2) is 18.4 Å². The topological polar surface area (TPSA) is 129 Å². The van der Waals surface area contributed by atoms with Crippen LogP contribution < -0.4 is 4.74 Å². The van der Waals surface area contributed by atoms with E-state index in [1.165, 1.54) is 4.31 Å². The maximum atomic E-state index is 12.9. The van der Waals surface area contributed by atoms with Gasteiger partial charge in [0.1, 0.15) is 23.7 Å². The first-order valence-electron chi connectivity index (χ1n) is 13.9. The van der Waals surface area contributed by atoms with Gasteiger partial charge >= 0.3 is 0 Å². The second-order valence-corrected chi connectivity index (χ2v) is 12.3. The molecule has 0 saturated carbocycles. The Kier molecular flexibility index (Phi) is 9.59. The summed E-state index contributed by atoms with van der Waals surface area (Å²) in [5, 5.41) is 18.8.